The Kier molecular flexibility index (Phi) is 4.30. The van der Waals surface area contributed by atoms with Crippen LogP contribution in [0.15, 0.2) is 23.1 Å². The molecule has 0 radical (unpaired) electrons. The number of nitrogens with one attached hydrogen (secondary N) is 1. The topological polar surface area (TPSA) is 67.0 Å². The number of fused-ring (bicyclic) bond motifs is 3. The van der Waals surface area contributed by atoms with Crippen molar-refractivity contribution in [3.63, 3.8) is 0 Å². The second-order valence-corrected chi connectivity index (χ2v) is 9.02. The number of H-pyrrole nitrogens is 1. The number of nitrogens with two attached hydrogens (primary N) is 1. The van der Waals surface area contributed by atoms with Crippen LogP contribution in [0.4, 0.5) is 10.1 Å². The zero-order valence-electron chi connectivity index (χ0n) is 17.3. The average molecular weight is 384 g/mol. The molecule has 1 aliphatic rings. The van der Waals surface area contributed by atoms with E-state index in [9.17, 15) is 4.79 Å². The second-order valence-electron chi connectivity index (χ2n) is 9.02. The highest BCUT2D eigenvalue weighted by Crippen LogP contribution is 2.38. The summed E-state index contributed by atoms with van der Waals surface area (Å²) in [5, 5.41) is 1.55. The molecule has 4 rings (SSSR count). The summed E-state index contributed by atoms with van der Waals surface area (Å²) in [5.41, 5.74) is 8.71. The fourth-order valence-corrected chi connectivity index (χ4v) is 4.72. The van der Waals surface area contributed by atoms with Crippen molar-refractivity contribution in [2.24, 2.45) is 11.7 Å². The number of aromatic amines is 1. The van der Waals surface area contributed by atoms with Crippen molar-refractivity contribution in [2.45, 2.75) is 52.6 Å². The first-order valence-corrected chi connectivity index (χ1v) is 9.99. The third-order valence-electron chi connectivity index (χ3n) is 6.25. The Balaban J connectivity index is 1.99. The van der Waals surface area contributed by atoms with Crippen molar-refractivity contribution in [3.8, 4) is 0 Å². The van der Waals surface area contributed by atoms with E-state index in [1.807, 2.05) is 40.7 Å². The first-order chi connectivity index (χ1) is 13.1. The van der Waals surface area contributed by atoms with Gasteiger partial charge >= 0.3 is 0 Å². The van der Waals surface area contributed by atoms with Gasteiger partial charge in [0.15, 0.2) is 0 Å². The summed E-state index contributed by atoms with van der Waals surface area (Å²) in [6, 6.07) is 3.41. The number of nitrogens with zero attached hydrogens (tertiary/aromatic N) is 2. The fraction of sp³-hybridized carbons (Fsp3) is 0.500. The first kappa shape index (κ1) is 19.0. The molecule has 3 N–H and O–H groups in total. The Hall–Kier alpha value is -2.34. The van der Waals surface area contributed by atoms with Crippen LogP contribution in [0.2, 0.25) is 0 Å². The Morgan fingerprint density at radius 3 is 2.64 bits per heavy atom. The molecule has 0 spiro atoms. The number of pyridine rings is 1. The molecular weight excluding hydrogens is 355 g/mol. The summed E-state index contributed by atoms with van der Waals surface area (Å²) < 4.78 is 17.1. The Bertz CT molecular complexity index is 1120. The molecule has 6 heteroatoms. The predicted molar refractivity (Wildman–Crippen MR) is 114 cm³/mol. The largest absolute Gasteiger partial charge is 0.369 e. The maximum absolute atomic E-state index is 15.4. The standard InChI is InChI=1S/C22H29FN4O/c1-12(2)27-19-13(3)20(26-9-7-14(11-26)22(4,5)24)17(23)10-16(19)15-6-8-25-18(15)21(27)28/h6,8,10,12,14,25H,7,9,11,24H2,1-5H3. The molecular formula is C22H29FN4O. The highest BCUT2D eigenvalue weighted by molar-refractivity contribution is 6.07. The van der Waals surface area contributed by atoms with Gasteiger partial charge in [-0.3, -0.25) is 4.79 Å². The van der Waals surface area contributed by atoms with Gasteiger partial charge in [-0.25, -0.2) is 4.39 Å². The first-order valence-electron chi connectivity index (χ1n) is 9.99. The molecule has 5 nitrogen and oxygen atoms in total. The van der Waals surface area contributed by atoms with Crippen molar-refractivity contribution in [2.75, 3.05) is 18.0 Å². The molecule has 0 saturated carbocycles. The number of aromatic nitrogens is 2. The third kappa shape index (κ3) is 2.73. The molecule has 1 unspecified atom stereocenters. The molecule has 28 heavy (non-hydrogen) atoms. The smallest absolute Gasteiger partial charge is 0.275 e. The molecule has 1 aromatic carbocycles. The highest BCUT2D eigenvalue weighted by Gasteiger charge is 2.34. The van der Waals surface area contributed by atoms with E-state index < -0.39 is 0 Å². The lowest BCUT2D eigenvalue weighted by atomic mass is 9.88. The monoisotopic (exact) mass is 384 g/mol. The maximum atomic E-state index is 15.4. The fourth-order valence-electron chi connectivity index (χ4n) is 4.72. The molecule has 3 heterocycles. The van der Waals surface area contributed by atoms with E-state index in [4.69, 9.17) is 5.73 Å². The van der Waals surface area contributed by atoms with Gasteiger partial charge in [0.05, 0.1) is 11.2 Å². The van der Waals surface area contributed by atoms with Crippen LogP contribution in [-0.4, -0.2) is 28.2 Å². The minimum Gasteiger partial charge on any atom is -0.369 e. The minimum atomic E-state index is -0.298. The molecule has 1 atom stereocenters. The molecule has 1 saturated heterocycles. The van der Waals surface area contributed by atoms with Crippen LogP contribution in [0.5, 0.6) is 0 Å². The zero-order chi connectivity index (χ0) is 20.4. The normalized spacial score (nSPS) is 18.1. The zero-order valence-corrected chi connectivity index (χ0v) is 17.3. The average Bonchev–Trinajstić information content (AvgIpc) is 3.24. The molecule has 3 aromatic rings. The summed E-state index contributed by atoms with van der Waals surface area (Å²) in [6.45, 7) is 11.5. The quantitative estimate of drug-likeness (QED) is 0.715. The van der Waals surface area contributed by atoms with E-state index >= 15 is 4.39 Å². The molecule has 0 amide bonds. The lowest BCUT2D eigenvalue weighted by Crippen LogP contribution is -2.42. The van der Waals surface area contributed by atoms with E-state index in [2.05, 4.69) is 9.88 Å². The molecule has 150 valence electrons. The van der Waals surface area contributed by atoms with Gasteiger partial charge in [-0.2, -0.15) is 0 Å². The lowest BCUT2D eigenvalue weighted by Gasteiger charge is -2.29. The Labute approximate surface area is 164 Å². The van der Waals surface area contributed by atoms with Gasteiger partial charge in [0.1, 0.15) is 11.3 Å². The van der Waals surface area contributed by atoms with Crippen LogP contribution < -0.4 is 16.2 Å². The number of aryl methyl sites for hydroxylation is 1. The van der Waals surface area contributed by atoms with E-state index in [1.54, 1.807) is 16.8 Å². The third-order valence-corrected chi connectivity index (χ3v) is 6.25. The van der Waals surface area contributed by atoms with Gasteiger partial charge in [0.25, 0.3) is 5.56 Å². The van der Waals surface area contributed by atoms with E-state index in [0.29, 0.717) is 17.1 Å². The summed E-state index contributed by atoms with van der Waals surface area (Å²) in [5.74, 6) is 0.0679. The van der Waals surface area contributed by atoms with E-state index in [0.717, 1.165) is 41.4 Å². The molecule has 1 aliphatic heterocycles. The second kappa shape index (κ2) is 6.34. The van der Waals surface area contributed by atoms with Gasteiger partial charge in [-0.1, -0.05) is 0 Å². The number of benzene rings is 1. The summed E-state index contributed by atoms with van der Waals surface area (Å²) in [4.78, 5) is 18.2. The summed E-state index contributed by atoms with van der Waals surface area (Å²) in [6.07, 6.45) is 2.68. The number of hydrogen-bond donors (Lipinski definition) is 2. The molecule has 0 bridgehead atoms. The van der Waals surface area contributed by atoms with Gasteiger partial charge < -0.3 is 20.2 Å². The van der Waals surface area contributed by atoms with Gasteiger partial charge in [0.2, 0.25) is 0 Å². The van der Waals surface area contributed by atoms with Crippen molar-refractivity contribution < 1.29 is 4.39 Å². The Morgan fingerprint density at radius 1 is 1.32 bits per heavy atom. The van der Waals surface area contributed by atoms with Crippen LogP contribution in [0.3, 0.4) is 0 Å². The number of hydrogen-bond acceptors (Lipinski definition) is 3. The van der Waals surface area contributed by atoms with Crippen LogP contribution in [0.25, 0.3) is 21.8 Å². The predicted octanol–water partition coefficient (Wildman–Crippen LogP) is 4.07. The summed E-state index contributed by atoms with van der Waals surface area (Å²) >= 11 is 0. The maximum Gasteiger partial charge on any atom is 0.275 e. The minimum absolute atomic E-state index is 0.0333. The van der Waals surface area contributed by atoms with Gasteiger partial charge in [-0.05, 0) is 64.7 Å². The van der Waals surface area contributed by atoms with Crippen LogP contribution >= 0.6 is 0 Å². The van der Waals surface area contributed by atoms with Gasteiger partial charge in [0, 0.05) is 41.6 Å². The van der Waals surface area contributed by atoms with E-state index in [1.165, 1.54) is 0 Å². The van der Waals surface area contributed by atoms with Crippen LogP contribution in [-0.2, 0) is 0 Å². The number of anilines is 1. The van der Waals surface area contributed by atoms with E-state index in [-0.39, 0.29) is 23.0 Å². The van der Waals surface area contributed by atoms with Gasteiger partial charge in [-0.15, -0.1) is 0 Å². The lowest BCUT2D eigenvalue weighted by molar-refractivity contribution is 0.348. The number of halogens is 1. The highest BCUT2D eigenvalue weighted by atomic mass is 19.1. The SMILES string of the molecule is Cc1c(N2CCC(C(C)(C)N)C2)c(F)cc2c3cc[nH]c3c(=O)n(C(C)C)c12. The van der Waals surface area contributed by atoms with Crippen molar-refractivity contribution in [1.29, 1.82) is 0 Å². The molecule has 1 fully saturated rings. The number of rotatable bonds is 3. The molecule has 0 aliphatic carbocycles. The molecule has 2 aromatic heterocycles. The van der Waals surface area contributed by atoms with Crippen LogP contribution in [0, 0.1) is 18.7 Å². The van der Waals surface area contributed by atoms with Crippen molar-refractivity contribution in [3.05, 3.63) is 40.1 Å². The van der Waals surface area contributed by atoms with Crippen molar-refractivity contribution in [1.82, 2.24) is 9.55 Å². The van der Waals surface area contributed by atoms with Crippen LogP contribution in [0.1, 0.15) is 45.7 Å². The Morgan fingerprint density at radius 2 is 2.04 bits per heavy atom. The summed E-state index contributed by atoms with van der Waals surface area (Å²) in [7, 11) is 0. The van der Waals surface area contributed by atoms with Crippen molar-refractivity contribution >= 4 is 27.5 Å².